The molecule has 0 saturated carbocycles. The fraction of sp³-hybridized carbons (Fsp3) is 0.0667. The first-order chi connectivity index (χ1) is 11.7. The van der Waals surface area contributed by atoms with Crippen molar-refractivity contribution in [2.45, 2.75) is 4.90 Å². The highest BCUT2D eigenvalue weighted by atomic mass is 79.9. The number of anilines is 1. The van der Waals surface area contributed by atoms with E-state index in [2.05, 4.69) is 21.2 Å². The summed E-state index contributed by atoms with van der Waals surface area (Å²) in [6.45, 7) is -0.634. The van der Waals surface area contributed by atoms with E-state index in [4.69, 9.17) is 9.88 Å². The molecular formula is C15H12BrFN2O5S. The van der Waals surface area contributed by atoms with Crippen LogP contribution in [-0.2, 0) is 19.6 Å². The summed E-state index contributed by atoms with van der Waals surface area (Å²) in [5, 5.41) is 7.21. The number of nitrogens with two attached hydrogens (primary N) is 1. The molecule has 0 unspecified atom stereocenters. The fourth-order valence-corrected chi connectivity index (χ4v) is 2.62. The Labute approximate surface area is 151 Å². The molecule has 0 aromatic heterocycles. The predicted octanol–water partition coefficient (Wildman–Crippen LogP) is 2.03. The Hall–Kier alpha value is -2.30. The number of esters is 1. The van der Waals surface area contributed by atoms with Crippen molar-refractivity contribution in [3.8, 4) is 0 Å². The Bertz CT molecular complexity index is 916. The number of primary sulfonamides is 1. The van der Waals surface area contributed by atoms with E-state index in [0.717, 1.165) is 12.1 Å². The van der Waals surface area contributed by atoms with E-state index in [-0.39, 0.29) is 16.1 Å². The monoisotopic (exact) mass is 430 g/mol. The maximum absolute atomic E-state index is 13.6. The van der Waals surface area contributed by atoms with Gasteiger partial charge in [0.05, 0.1) is 16.1 Å². The van der Waals surface area contributed by atoms with Gasteiger partial charge in [0.15, 0.2) is 6.61 Å². The summed E-state index contributed by atoms with van der Waals surface area (Å²) in [6.07, 6.45) is 0. The van der Waals surface area contributed by atoms with Crippen molar-refractivity contribution in [3.05, 3.63) is 58.3 Å². The first-order valence-electron chi connectivity index (χ1n) is 6.72. The average molecular weight is 431 g/mol. The van der Waals surface area contributed by atoms with Gasteiger partial charge in [-0.05, 0) is 42.5 Å². The van der Waals surface area contributed by atoms with Crippen molar-refractivity contribution in [2.75, 3.05) is 11.9 Å². The van der Waals surface area contributed by atoms with Crippen LogP contribution in [-0.4, -0.2) is 26.9 Å². The third-order valence-corrected chi connectivity index (χ3v) is 4.38. The Morgan fingerprint density at radius 2 is 1.80 bits per heavy atom. The molecule has 0 aliphatic heterocycles. The van der Waals surface area contributed by atoms with Gasteiger partial charge in [-0.2, -0.15) is 0 Å². The quantitative estimate of drug-likeness (QED) is 0.703. The van der Waals surface area contributed by atoms with Gasteiger partial charge < -0.3 is 10.1 Å². The van der Waals surface area contributed by atoms with Crippen LogP contribution < -0.4 is 10.5 Å². The van der Waals surface area contributed by atoms with Gasteiger partial charge in [-0.15, -0.1) is 0 Å². The lowest BCUT2D eigenvalue weighted by atomic mass is 10.2. The lowest BCUT2D eigenvalue weighted by Crippen LogP contribution is -2.21. The number of ether oxygens (including phenoxy) is 1. The summed E-state index contributed by atoms with van der Waals surface area (Å²) in [6, 6.07) is 8.76. The molecule has 2 aromatic rings. The summed E-state index contributed by atoms with van der Waals surface area (Å²) < 4.78 is 41.1. The number of nitrogens with one attached hydrogen (secondary N) is 1. The van der Waals surface area contributed by atoms with E-state index < -0.39 is 34.3 Å². The predicted molar refractivity (Wildman–Crippen MR) is 90.8 cm³/mol. The maximum atomic E-state index is 13.6. The van der Waals surface area contributed by atoms with Gasteiger partial charge in [-0.1, -0.05) is 15.9 Å². The molecule has 0 aliphatic rings. The molecule has 25 heavy (non-hydrogen) atoms. The van der Waals surface area contributed by atoms with Gasteiger partial charge in [-0.25, -0.2) is 22.7 Å². The minimum absolute atomic E-state index is 0.0371. The zero-order valence-corrected chi connectivity index (χ0v) is 14.9. The Balaban J connectivity index is 1.94. The molecule has 3 N–H and O–H groups in total. The van der Waals surface area contributed by atoms with E-state index in [1.165, 1.54) is 30.3 Å². The molecule has 0 fully saturated rings. The molecule has 10 heteroatoms. The third-order valence-electron chi connectivity index (χ3n) is 2.96. The van der Waals surface area contributed by atoms with Gasteiger partial charge in [0.2, 0.25) is 10.0 Å². The van der Waals surface area contributed by atoms with E-state index >= 15 is 0 Å². The van der Waals surface area contributed by atoms with Gasteiger partial charge >= 0.3 is 5.97 Å². The van der Waals surface area contributed by atoms with E-state index in [9.17, 15) is 22.4 Å². The van der Waals surface area contributed by atoms with Crippen molar-refractivity contribution in [1.29, 1.82) is 0 Å². The second-order valence-electron chi connectivity index (χ2n) is 4.82. The zero-order chi connectivity index (χ0) is 18.6. The lowest BCUT2D eigenvalue weighted by molar-refractivity contribution is -0.119. The standard InChI is InChI=1S/C15H12BrFN2O5S/c16-10-3-6-13(12(17)7-10)19-14(20)8-24-15(21)9-1-4-11(5-2-9)25(18,22)23/h1-7H,8H2,(H,19,20)(H2,18,22,23). The number of carbonyl (C=O) groups excluding carboxylic acids is 2. The molecule has 7 nitrogen and oxygen atoms in total. The number of sulfonamides is 1. The summed E-state index contributed by atoms with van der Waals surface area (Å²) in [4.78, 5) is 23.4. The van der Waals surface area contributed by atoms with Gasteiger partial charge in [0, 0.05) is 4.47 Å². The second-order valence-corrected chi connectivity index (χ2v) is 7.29. The number of halogens is 2. The van der Waals surface area contributed by atoms with Crippen molar-refractivity contribution in [1.82, 2.24) is 0 Å². The van der Waals surface area contributed by atoms with Crippen molar-refractivity contribution in [3.63, 3.8) is 0 Å². The van der Waals surface area contributed by atoms with Crippen LogP contribution in [0, 0.1) is 5.82 Å². The average Bonchev–Trinajstić information content (AvgIpc) is 2.54. The summed E-state index contributed by atoms with van der Waals surface area (Å²) >= 11 is 3.09. The first-order valence-corrected chi connectivity index (χ1v) is 9.05. The van der Waals surface area contributed by atoms with Gasteiger partial charge in [0.25, 0.3) is 5.91 Å². The fourth-order valence-electron chi connectivity index (χ4n) is 1.77. The minimum atomic E-state index is -3.87. The molecule has 0 heterocycles. The highest BCUT2D eigenvalue weighted by molar-refractivity contribution is 9.10. The van der Waals surface area contributed by atoms with E-state index in [1.807, 2.05) is 0 Å². The first kappa shape index (κ1) is 19.0. The topological polar surface area (TPSA) is 116 Å². The molecule has 2 rings (SSSR count). The van der Waals surface area contributed by atoms with Crippen LogP contribution in [0.1, 0.15) is 10.4 Å². The Morgan fingerprint density at radius 1 is 1.16 bits per heavy atom. The molecular weight excluding hydrogens is 419 g/mol. The number of amides is 1. The molecule has 0 spiro atoms. The third kappa shape index (κ3) is 5.34. The highest BCUT2D eigenvalue weighted by Gasteiger charge is 2.14. The van der Waals surface area contributed by atoms with Crippen LogP contribution in [0.3, 0.4) is 0 Å². The van der Waals surface area contributed by atoms with Crippen LogP contribution in [0.4, 0.5) is 10.1 Å². The van der Waals surface area contributed by atoms with E-state index in [0.29, 0.717) is 4.47 Å². The molecule has 0 bridgehead atoms. The molecule has 0 radical (unpaired) electrons. The molecule has 0 atom stereocenters. The lowest BCUT2D eigenvalue weighted by Gasteiger charge is -2.08. The van der Waals surface area contributed by atoms with Gasteiger partial charge in [-0.3, -0.25) is 4.79 Å². The Morgan fingerprint density at radius 3 is 2.36 bits per heavy atom. The molecule has 1 amide bonds. The molecule has 2 aromatic carbocycles. The second kappa shape index (κ2) is 7.72. The maximum Gasteiger partial charge on any atom is 0.338 e. The van der Waals surface area contributed by atoms with Crippen LogP contribution in [0.15, 0.2) is 51.8 Å². The highest BCUT2D eigenvalue weighted by Crippen LogP contribution is 2.19. The summed E-state index contributed by atoms with van der Waals surface area (Å²) in [7, 11) is -3.87. The van der Waals surface area contributed by atoms with Crippen LogP contribution in [0.2, 0.25) is 0 Å². The number of hydrogen-bond acceptors (Lipinski definition) is 5. The normalized spacial score (nSPS) is 11.0. The minimum Gasteiger partial charge on any atom is -0.452 e. The Kier molecular flexibility index (Phi) is 5.88. The van der Waals surface area contributed by atoms with Crippen molar-refractivity contribution >= 4 is 43.5 Å². The molecule has 0 aliphatic carbocycles. The van der Waals surface area contributed by atoms with Crippen LogP contribution in [0.25, 0.3) is 0 Å². The molecule has 132 valence electrons. The largest absolute Gasteiger partial charge is 0.452 e. The summed E-state index contributed by atoms with van der Waals surface area (Å²) in [5.74, 6) is -2.21. The zero-order valence-electron chi connectivity index (χ0n) is 12.5. The number of benzene rings is 2. The summed E-state index contributed by atoms with van der Waals surface area (Å²) in [5.41, 5.74) is -0.0169. The van der Waals surface area contributed by atoms with Crippen molar-refractivity contribution < 1.29 is 27.1 Å². The van der Waals surface area contributed by atoms with Gasteiger partial charge in [0.1, 0.15) is 5.82 Å². The van der Waals surface area contributed by atoms with E-state index in [1.54, 1.807) is 0 Å². The smallest absolute Gasteiger partial charge is 0.338 e. The number of carbonyl (C=O) groups is 2. The van der Waals surface area contributed by atoms with Crippen LogP contribution >= 0.6 is 15.9 Å². The van der Waals surface area contributed by atoms with Crippen LogP contribution in [0.5, 0.6) is 0 Å². The van der Waals surface area contributed by atoms with Crippen molar-refractivity contribution in [2.24, 2.45) is 5.14 Å². The molecule has 0 saturated heterocycles. The number of hydrogen-bond donors (Lipinski definition) is 2. The SMILES string of the molecule is NS(=O)(=O)c1ccc(C(=O)OCC(=O)Nc2ccc(Br)cc2F)cc1. The number of rotatable bonds is 5.